The Morgan fingerprint density at radius 3 is 2.60 bits per heavy atom. The Bertz CT molecular complexity index is 660. The Morgan fingerprint density at radius 1 is 1.25 bits per heavy atom. The average Bonchev–Trinajstić information content (AvgIpc) is 2.42. The highest BCUT2D eigenvalue weighted by atomic mass is 19.2. The molecule has 0 bridgehead atoms. The maximum absolute atomic E-state index is 13.1. The Morgan fingerprint density at radius 2 is 2.00 bits per heavy atom. The van der Waals surface area contributed by atoms with Gasteiger partial charge in [-0.15, -0.1) is 0 Å². The summed E-state index contributed by atoms with van der Waals surface area (Å²) in [5, 5.41) is 0. The maximum Gasteiger partial charge on any atom is 0.358 e. The molecule has 0 radical (unpaired) electrons. The van der Waals surface area contributed by atoms with Crippen LogP contribution in [0, 0.1) is 11.6 Å². The smallest absolute Gasteiger partial charge is 0.358 e. The molecule has 4 nitrogen and oxygen atoms in total. The molecular weight excluding hydrogens is 266 g/mol. The number of benzene rings is 1. The number of ether oxygens (including phenoxy) is 1. The summed E-state index contributed by atoms with van der Waals surface area (Å²) in [7, 11) is 1.23. The second kappa shape index (κ2) is 5.64. The predicted octanol–water partition coefficient (Wildman–Crippen LogP) is 2.32. The minimum atomic E-state index is -0.908. The molecule has 0 spiro atoms. The van der Waals surface area contributed by atoms with E-state index in [2.05, 4.69) is 9.72 Å². The molecule has 0 saturated carbocycles. The van der Waals surface area contributed by atoms with Crippen molar-refractivity contribution in [3.8, 4) is 0 Å². The molecule has 0 aliphatic carbocycles. The van der Waals surface area contributed by atoms with Gasteiger partial charge in [0.25, 0.3) is 0 Å². The van der Waals surface area contributed by atoms with Crippen molar-refractivity contribution >= 4 is 11.7 Å². The van der Waals surface area contributed by atoms with Gasteiger partial charge in [-0.05, 0) is 35.7 Å². The summed E-state index contributed by atoms with van der Waals surface area (Å²) in [4.78, 5) is 15.2. The van der Waals surface area contributed by atoms with Crippen molar-refractivity contribution in [1.82, 2.24) is 4.98 Å². The number of methoxy groups -OCH3 is 1. The zero-order chi connectivity index (χ0) is 14.7. The van der Waals surface area contributed by atoms with Gasteiger partial charge in [0.2, 0.25) is 0 Å². The van der Waals surface area contributed by atoms with E-state index in [0.717, 1.165) is 12.1 Å². The molecule has 2 N–H and O–H groups in total. The highest BCUT2D eigenvalue weighted by Gasteiger charge is 2.12. The molecule has 6 heteroatoms. The Labute approximate surface area is 114 Å². The third-order valence-corrected chi connectivity index (χ3v) is 2.74. The molecule has 2 aromatic rings. The van der Waals surface area contributed by atoms with Crippen molar-refractivity contribution in [3.63, 3.8) is 0 Å². The van der Waals surface area contributed by atoms with Crippen molar-refractivity contribution in [2.75, 3.05) is 12.8 Å². The molecule has 0 aliphatic rings. The lowest BCUT2D eigenvalue weighted by atomic mass is 10.1. The number of nitrogens with two attached hydrogens (primary N) is 1. The zero-order valence-electron chi connectivity index (χ0n) is 10.7. The van der Waals surface area contributed by atoms with Crippen LogP contribution in [-0.4, -0.2) is 18.1 Å². The molecule has 1 aromatic carbocycles. The van der Waals surface area contributed by atoms with Gasteiger partial charge in [-0.1, -0.05) is 6.07 Å². The van der Waals surface area contributed by atoms with E-state index in [9.17, 15) is 13.6 Å². The summed E-state index contributed by atoms with van der Waals surface area (Å²) in [6.07, 6.45) is 1.78. The van der Waals surface area contributed by atoms with Crippen LogP contribution in [0.2, 0.25) is 0 Å². The van der Waals surface area contributed by atoms with E-state index in [4.69, 9.17) is 5.73 Å². The summed E-state index contributed by atoms with van der Waals surface area (Å²) in [5.74, 6) is -2.43. The summed E-state index contributed by atoms with van der Waals surface area (Å²) in [6, 6.07) is 5.20. The number of carbonyl (C=O) groups is 1. The maximum atomic E-state index is 13.1. The second-order valence-electron chi connectivity index (χ2n) is 4.20. The molecule has 20 heavy (non-hydrogen) atoms. The Hall–Kier alpha value is -2.50. The fourth-order valence-corrected chi connectivity index (χ4v) is 1.78. The van der Waals surface area contributed by atoms with Gasteiger partial charge in [-0.25, -0.2) is 18.6 Å². The number of nitrogen functional groups attached to an aromatic ring is 1. The quantitative estimate of drug-likeness (QED) is 0.875. The Kier molecular flexibility index (Phi) is 3.93. The van der Waals surface area contributed by atoms with E-state index in [-0.39, 0.29) is 11.4 Å². The van der Waals surface area contributed by atoms with Gasteiger partial charge in [-0.3, -0.25) is 0 Å². The van der Waals surface area contributed by atoms with Gasteiger partial charge in [-0.2, -0.15) is 0 Å². The first-order valence-corrected chi connectivity index (χ1v) is 5.78. The molecule has 0 atom stereocenters. The van der Waals surface area contributed by atoms with E-state index in [1.165, 1.54) is 19.4 Å². The largest absolute Gasteiger partial charge is 0.464 e. The van der Waals surface area contributed by atoms with Crippen LogP contribution in [-0.2, 0) is 11.2 Å². The lowest BCUT2D eigenvalue weighted by Crippen LogP contribution is -2.09. The van der Waals surface area contributed by atoms with Crippen LogP contribution < -0.4 is 5.73 Å². The molecule has 1 aromatic heterocycles. The highest BCUT2D eigenvalue weighted by molar-refractivity contribution is 5.92. The number of rotatable bonds is 3. The SMILES string of the molecule is COC(=O)c1ncc(Cc2ccc(F)c(F)c2)cc1N. The topological polar surface area (TPSA) is 65.2 Å². The van der Waals surface area contributed by atoms with Crippen LogP contribution in [0.3, 0.4) is 0 Å². The average molecular weight is 278 g/mol. The van der Waals surface area contributed by atoms with Crippen LogP contribution in [0.1, 0.15) is 21.6 Å². The number of carbonyl (C=O) groups excluding carboxylic acids is 1. The second-order valence-corrected chi connectivity index (χ2v) is 4.20. The molecular formula is C14H12F2N2O2. The molecule has 104 valence electrons. The number of nitrogens with zero attached hydrogens (tertiary/aromatic N) is 1. The number of pyridine rings is 1. The van der Waals surface area contributed by atoms with Crippen LogP contribution in [0.4, 0.5) is 14.5 Å². The van der Waals surface area contributed by atoms with Crippen molar-refractivity contribution in [2.45, 2.75) is 6.42 Å². The number of esters is 1. The molecule has 0 saturated heterocycles. The third kappa shape index (κ3) is 2.90. The fraction of sp³-hybridized carbons (Fsp3) is 0.143. The first kappa shape index (κ1) is 13.9. The summed E-state index contributed by atoms with van der Waals surface area (Å²) in [6.45, 7) is 0. The van der Waals surface area contributed by atoms with E-state index in [0.29, 0.717) is 17.5 Å². The fourth-order valence-electron chi connectivity index (χ4n) is 1.78. The lowest BCUT2D eigenvalue weighted by molar-refractivity contribution is 0.0595. The van der Waals surface area contributed by atoms with Gasteiger partial charge >= 0.3 is 5.97 Å². The van der Waals surface area contributed by atoms with E-state index < -0.39 is 17.6 Å². The van der Waals surface area contributed by atoms with Gasteiger partial charge in [0, 0.05) is 6.20 Å². The molecule has 0 unspecified atom stereocenters. The lowest BCUT2D eigenvalue weighted by Gasteiger charge is -2.06. The van der Waals surface area contributed by atoms with E-state index in [1.807, 2.05) is 0 Å². The predicted molar refractivity (Wildman–Crippen MR) is 69.2 cm³/mol. The van der Waals surface area contributed by atoms with Crippen LogP contribution >= 0.6 is 0 Å². The number of halogens is 2. The molecule has 1 heterocycles. The summed E-state index contributed by atoms with van der Waals surface area (Å²) < 4.78 is 30.5. The van der Waals surface area contributed by atoms with E-state index >= 15 is 0 Å². The molecule has 2 rings (SSSR count). The molecule has 0 aliphatic heterocycles. The summed E-state index contributed by atoms with van der Waals surface area (Å²) in [5.41, 5.74) is 7.18. The Balaban J connectivity index is 2.24. The van der Waals surface area contributed by atoms with Crippen LogP contribution in [0.25, 0.3) is 0 Å². The first-order chi connectivity index (χ1) is 9.51. The van der Waals surface area contributed by atoms with Crippen molar-refractivity contribution in [1.29, 1.82) is 0 Å². The number of hydrogen-bond acceptors (Lipinski definition) is 4. The molecule has 0 fully saturated rings. The summed E-state index contributed by atoms with van der Waals surface area (Å²) >= 11 is 0. The van der Waals surface area contributed by atoms with Crippen molar-refractivity contribution in [2.24, 2.45) is 0 Å². The van der Waals surface area contributed by atoms with Crippen LogP contribution in [0.15, 0.2) is 30.5 Å². The highest BCUT2D eigenvalue weighted by Crippen LogP contribution is 2.17. The monoisotopic (exact) mass is 278 g/mol. The van der Waals surface area contributed by atoms with Crippen molar-refractivity contribution < 1.29 is 18.3 Å². The third-order valence-electron chi connectivity index (χ3n) is 2.74. The van der Waals surface area contributed by atoms with E-state index in [1.54, 1.807) is 6.07 Å². The normalized spacial score (nSPS) is 10.3. The number of anilines is 1. The minimum Gasteiger partial charge on any atom is -0.464 e. The molecule has 0 amide bonds. The standard InChI is InChI=1S/C14H12F2N2O2/c1-20-14(19)13-12(17)6-9(7-18-13)4-8-2-3-10(15)11(16)5-8/h2-3,5-7H,4,17H2,1H3. The first-order valence-electron chi connectivity index (χ1n) is 5.78. The minimum absolute atomic E-state index is 0.0292. The van der Waals surface area contributed by atoms with Gasteiger partial charge in [0.1, 0.15) is 0 Å². The van der Waals surface area contributed by atoms with Gasteiger partial charge in [0.15, 0.2) is 17.3 Å². The number of hydrogen-bond donors (Lipinski definition) is 1. The van der Waals surface area contributed by atoms with Crippen molar-refractivity contribution in [3.05, 3.63) is 58.9 Å². The van der Waals surface area contributed by atoms with Crippen LogP contribution in [0.5, 0.6) is 0 Å². The number of aromatic nitrogens is 1. The van der Waals surface area contributed by atoms with Gasteiger partial charge in [0.05, 0.1) is 12.8 Å². The van der Waals surface area contributed by atoms with Gasteiger partial charge < -0.3 is 10.5 Å². The zero-order valence-corrected chi connectivity index (χ0v) is 10.7.